The average Bonchev–Trinajstić information content (AvgIpc) is 1.43. The second kappa shape index (κ2) is 29.8. The average molecular weight is 1450 g/mol. The molecule has 0 aromatic heterocycles. The van der Waals surface area contributed by atoms with E-state index >= 15 is 0 Å². The molecule has 16 N–H and O–H groups in total. The Morgan fingerprint density at radius 2 is 0.966 bits per heavy atom. The first-order chi connectivity index (χ1) is 40.9. The van der Waals surface area contributed by atoms with Gasteiger partial charge in [-0.15, -0.1) is 4.33 Å². The number of carboxylic acids is 2. The molecule has 50 nitrogen and oxygen atoms in total. The number of nitrogens with one attached hydrogen (secondary N) is 3. The van der Waals surface area contributed by atoms with Crippen LogP contribution < -0.4 is 14.8 Å². The molecule has 0 radical (unpaired) electrons. The third-order valence-electron chi connectivity index (χ3n) is 12.6. The number of fused-ring (bicyclic) bond motifs is 1. The van der Waals surface area contributed by atoms with Gasteiger partial charge in [0.25, 0.3) is 0 Å². The van der Waals surface area contributed by atoms with Crippen LogP contribution in [0.1, 0.15) is 0 Å². The molecule has 6 aliphatic rings. The quantitative estimate of drug-likeness (QED) is 0.00793. The van der Waals surface area contributed by atoms with Gasteiger partial charge in [-0.1, -0.05) is 0 Å². The molecule has 0 aromatic rings. The van der Waals surface area contributed by atoms with Crippen LogP contribution in [0.25, 0.3) is 0 Å². The molecule has 1 amide bonds. The molecule has 25 atom stereocenters. The van der Waals surface area contributed by atoms with Crippen LogP contribution >= 0.6 is 12.9 Å². The zero-order chi connectivity index (χ0) is 66.8. The fourth-order valence-electron chi connectivity index (χ4n) is 9.19. The Kier molecular flexibility index (Phi) is 25.1. The molecule has 6 aliphatic heterocycles. The highest BCUT2D eigenvalue weighted by Crippen LogP contribution is 2.39. The summed E-state index contributed by atoms with van der Waals surface area (Å²) in [5, 5.41) is 88.1. The van der Waals surface area contributed by atoms with Gasteiger partial charge in [0.05, 0.1) is 19.8 Å². The number of aliphatic hydroxyl groups is 5. The maximum absolute atomic E-state index is 13.0. The minimum atomic E-state index is -6.08. The van der Waals surface area contributed by atoms with E-state index in [9.17, 15) is 123 Å². The van der Waals surface area contributed by atoms with Gasteiger partial charge >= 0.3 is 80.2 Å². The summed E-state index contributed by atoms with van der Waals surface area (Å²) in [5.74, 6) is -4.58. The summed E-state index contributed by atoms with van der Waals surface area (Å²) in [6.45, 7) is -4.55. The van der Waals surface area contributed by atoms with Gasteiger partial charge in [-0.2, -0.15) is 64.8 Å². The van der Waals surface area contributed by atoms with E-state index in [1.165, 1.54) is 9.44 Å². The summed E-state index contributed by atoms with van der Waals surface area (Å²) in [7, 11) is -33.2. The lowest BCUT2D eigenvalue weighted by Gasteiger charge is -2.50. The molecule has 0 saturated carbocycles. The minimum Gasteiger partial charge on any atom is -0.479 e. The Hall–Kier alpha value is -2.98. The molecule has 518 valence electrons. The number of amides is 1. The van der Waals surface area contributed by atoms with Gasteiger partial charge < -0.3 is 93.2 Å². The number of rotatable bonds is 30. The minimum absolute atomic E-state index is 0.772. The molecule has 0 spiro atoms. The first-order valence-electron chi connectivity index (χ1n) is 23.5. The Labute approximate surface area is 502 Å². The highest BCUT2D eigenvalue weighted by Gasteiger charge is 2.62. The molecule has 0 bridgehead atoms. The second-order valence-corrected chi connectivity index (χ2v) is 25.3. The van der Waals surface area contributed by atoms with Crippen LogP contribution in [0.4, 0.5) is 4.79 Å². The van der Waals surface area contributed by atoms with Gasteiger partial charge in [-0.25, -0.2) is 31.1 Å². The molecular formula is C32H51N3O47S7. The fourth-order valence-corrected chi connectivity index (χ4v) is 11.8. The summed E-state index contributed by atoms with van der Waals surface area (Å²) in [5.41, 5.74) is 0. The van der Waals surface area contributed by atoms with Gasteiger partial charge in [0, 0.05) is 20.0 Å². The molecule has 6 heterocycles. The molecule has 57 heteroatoms. The highest BCUT2D eigenvalue weighted by molar-refractivity contribution is 7.84. The van der Waals surface area contributed by atoms with Crippen LogP contribution in [0, 0.1) is 0 Å². The van der Waals surface area contributed by atoms with E-state index < -0.39 is 253 Å². The van der Waals surface area contributed by atoms with Gasteiger partial charge in [-0.05, 0) is 10.1 Å². The predicted molar refractivity (Wildman–Crippen MR) is 255 cm³/mol. The van der Waals surface area contributed by atoms with Crippen LogP contribution in [0.5, 0.6) is 0 Å². The molecule has 6 fully saturated rings. The Morgan fingerprint density at radius 3 is 1.47 bits per heavy atom. The van der Waals surface area contributed by atoms with E-state index in [0.717, 1.165) is 7.11 Å². The zero-order valence-electron chi connectivity index (χ0n) is 43.1. The number of alkyl carbamates (subject to hydrolysis) is 1. The molecule has 0 aliphatic carbocycles. The van der Waals surface area contributed by atoms with Crippen LogP contribution in [0.2, 0.25) is 0 Å². The van der Waals surface area contributed by atoms with Crippen LogP contribution in [-0.4, -0.2) is 312 Å². The molecule has 6 rings (SSSR count). The standard InChI is InChI=1S/C32H51N3O47S7/c1-64-27-8(34-84(46,47)48)12(37)16(6(69-27)3-66-87(55,56)57)71-31-22(79-89(61,62)63)15(40)21(24(76-31)26(43)44)74-29-10(35-85(49,50)51)19(78-80-81-82-83)17(7(70-29)4-67-88(58,59)60)72-30-14(39)13(38)20(23(75-30)25(41)42)73-28-9-18(77-32(45)33-9)11(36)5(68-28)2-65-86(52,53)54/h5-24,27-31,34-40,83H,2-4H2,1H3,(H,33,45)(H,41,42)(H,43,44)(H,46,47,48)(H,49,50,51)(H,52,53,54)(H,55,56,57)(H,58,59,60)(H,61,62,63)/t5-,6-,7-,8-,9-,10-,11-,12-,13-,14-,15+,16-,17-,18-,19-,20+,21+,22-,23+,24-,27+,28-,29-,30-,31-/m1/s1. The predicted octanol–water partition coefficient (Wildman–Crippen LogP) is -11.6. The normalized spacial score (nSPS) is 39.3. The lowest BCUT2D eigenvalue weighted by molar-refractivity contribution is -0.620. The van der Waals surface area contributed by atoms with Crippen molar-refractivity contribution in [3.05, 3.63) is 0 Å². The van der Waals surface area contributed by atoms with Crippen molar-refractivity contribution in [2.24, 2.45) is 0 Å². The number of ether oxygens (including phenoxy) is 11. The van der Waals surface area contributed by atoms with Gasteiger partial charge in [0.15, 0.2) is 55.9 Å². The number of carbonyl (C=O) groups is 3. The maximum atomic E-state index is 13.0. The third-order valence-corrected chi connectivity index (χ3v) is 15.6. The first kappa shape index (κ1) is 75.1. The summed E-state index contributed by atoms with van der Waals surface area (Å²) in [6, 6.07) is -6.87. The van der Waals surface area contributed by atoms with Crippen molar-refractivity contribution >= 4 is 93.1 Å². The van der Waals surface area contributed by atoms with Crippen LogP contribution in [-0.2, 0) is 160 Å². The summed E-state index contributed by atoms with van der Waals surface area (Å²) >= 11 is 3.18. The molecule has 0 aromatic carbocycles. The summed E-state index contributed by atoms with van der Waals surface area (Å²) in [4.78, 5) is 43.1. The Balaban J connectivity index is 1.38. The summed E-state index contributed by atoms with van der Waals surface area (Å²) < 4.78 is 284. The van der Waals surface area contributed by atoms with E-state index in [4.69, 9.17) is 61.5 Å². The van der Waals surface area contributed by atoms with Crippen LogP contribution in [0.15, 0.2) is 0 Å². The van der Waals surface area contributed by atoms with E-state index in [1.54, 1.807) is 0 Å². The lowest BCUT2D eigenvalue weighted by atomic mass is 9.94. The van der Waals surface area contributed by atoms with Gasteiger partial charge in [-0.3, -0.25) is 27.3 Å². The van der Waals surface area contributed by atoms with E-state index in [-0.39, 0.29) is 0 Å². The molecular weight excluding hydrogens is 1400 g/mol. The number of aliphatic carboxylic acids is 2. The lowest BCUT2D eigenvalue weighted by Crippen LogP contribution is -2.71. The second-order valence-electron chi connectivity index (χ2n) is 18.4. The van der Waals surface area contributed by atoms with Crippen molar-refractivity contribution in [1.29, 1.82) is 0 Å². The number of hydrogen-bond acceptors (Lipinski definition) is 40. The smallest absolute Gasteiger partial charge is 0.408 e. The van der Waals surface area contributed by atoms with E-state index in [0.29, 0.717) is 0 Å². The molecule has 89 heavy (non-hydrogen) atoms. The molecule has 6 saturated heterocycles. The Morgan fingerprint density at radius 1 is 0.506 bits per heavy atom. The monoisotopic (exact) mass is 1450 g/mol. The number of aliphatic hydroxyl groups excluding tert-OH is 5. The van der Waals surface area contributed by atoms with Crippen molar-refractivity contribution in [3.8, 4) is 0 Å². The van der Waals surface area contributed by atoms with Gasteiger partial charge in [0.1, 0.15) is 97.5 Å². The number of carboxylic acid groups (broad SMARTS) is 2. The van der Waals surface area contributed by atoms with Crippen molar-refractivity contribution in [3.63, 3.8) is 0 Å². The zero-order valence-corrected chi connectivity index (χ0v) is 48.9. The van der Waals surface area contributed by atoms with E-state index in [1.807, 2.05) is 0 Å². The van der Waals surface area contributed by atoms with Crippen molar-refractivity contribution in [1.82, 2.24) is 14.8 Å². The van der Waals surface area contributed by atoms with Crippen molar-refractivity contribution in [2.75, 3.05) is 26.9 Å². The van der Waals surface area contributed by atoms with Crippen molar-refractivity contribution < 1.29 is 216 Å². The van der Waals surface area contributed by atoms with E-state index in [2.05, 4.69) is 49.4 Å². The maximum Gasteiger partial charge on any atom is 0.408 e. The number of carbonyl (C=O) groups excluding carboxylic acids is 1. The number of hydrogen-bond donors (Lipinski definition) is 17. The fraction of sp³-hybridized carbons (Fsp3) is 0.906. The third kappa shape index (κ3) is 20.5. The van der Waals surface area contributed by atoms with Gasteiger partial charge in [0.2, 0.25) is 0 Å². The Bertz CT molecular complexity index is 3160. The molecule has 0 unspecified atom stereocenters. The first-order valence-corrected chi connectivity index (χ1v) is 32.2. The van der Waals surface area contributed by atoms with Crippen LogP contribution in [0.3, 0.4) is 0 Å². The largest absolute Gasteiger partial charge is 0.479 e. The number of methoxy groups -OCH3 is 1. The highest BCUT2D eigenvalue weighted by atomic mass is 32.3. The van der Waals surface area contributed by atoms with Crippen molar-refractivity contribution in [2.45, 2.75) is 153 Å². The SMILES string of the molecule is CO[C@H]1O[C@H](COS(=O)(=O)O)[C@@H](O[C@@H]2O[C@@H](C(=O)O)[C@@H](O[C@H]3O[C@H](COS(=O)(=O)O)[C@@H](O[C@@H]4O[C@H](C(=O)O)[C@@H](O[C@H]5O[C@H](COS(=O)(=O)O)[C@@H](O)[C@@H]6OC(=O)N[C@@H]56)[C@H](O)[C@H]4O)[C@H](OOOOS)[C@H]3NS(=O)(=O)O)[C@H](O)[C@H]2OS(=O)(=O)O)[C@H](O)[C@H]1NS(=O)(=O)O. The topological polar surface area (TPSA) is 731 Å². The summed E-state index contributed by atoms with van der Waals surface area (Å²) in [6.07, 6.45) is -58.8. The number of thiol groups is 1.